The molecule has 0 spiro atoms. The third-order valence-electron chi connectivity index (χ3n) is 3.44. The van der Waals surface area contributed by atoms with Crippen LogP contribution in [-0.4, -0.2) is 60.3 Å². The number of carbonyl (C=O) groups excluding carboxylic acids is 4. The van der Waals surface area contributed by atoms with Crippen molar-refractivity contribution in [3.05, 3.63) is 35.4 Å². The summed E-state index contributed by atoms with van der Waals surface area (Å²) in [6.07, 6.45) is 0. The fourth-order valence-corrected chi connectivity index (χ4v) is 2.12. The maximum atomic E-state index is 12.5. The maximum Gasteiger partial charge on any atom is 0.364 e. The van der Waals surface area contributed by atoms with Crippen LogP contribution < -0.4 is 10.6 Å². The van der Waals surface area contributed by atoms with Crippen LogP contribution in [0.25, 0.3) is 0 Å². The summed E-state index contributed by atoms with van der Waals surface area (Å²) in [5.41, 5.74) is -0.190. The van der Waals surface area contributed by atoms with Gasteiger partial charge in [0.1, 0.15) is 0 Å². The highest BCUT2D eigenvalue weighted by atomic mass is 16.7. The number of hydrogen-bond acceptors (Lipinski definition) is 6. The van der Waals surface area contributed by atoms with Crippen LogP contribution in [0.2, 0.25) is 0 Å². The van der Waals surface area contributed by atoms with Gasteiger partial charge < -0.3 is 20.3 Å². The van der Waals surface area contributed by atoms with Gasteiger partial charge in [-0.15, -0.1) is 0 Å². The van der Waals surface area contributed by atoms with Crippen molar-refractivity contribution in [2.24, 2.45) is 0 Å². The van der Waals surface area contributed by atoms with Crippen molar-refractivity contribution in [3.63, 3.8) is 0 Å². The standard InChI is InChI=1S/C18H26N4O6/c1-5-19-17(25)21(7-3)27-15(23)13-11-9-10-12-14(13)16(24)28-22(8-4)18(26)20-6-2/h9-12H,5-8H2,1-4H3,(H,19,25)(H,20,26). The van der Waals surface area contributed by atoms with Crippen LogP contribution >= 0.6 is 0 Å². The summed E-state index contributed by atoms with van der Waals surface area (Å²) in [4.78, 5) is 58.9. The largest absolute Gasteiger partial charge is 0.364 e. The van der Waals surface area contributed by atoms with E-state index >= 15 is 0 Å². The molecular weight excluding hydrogens is 368 g/mol. The SMILES string of the molecule is CCNC(=O)N(CC)OC(=O)c1ccccc1C(=O)ON(CC)C(=O)NCC. The number of hydrogen-bond donors (Lipinski definition) is 2. The molecule has 1 aromatic rings. The van der Waals surface area contributed by atoms with Crippen LogP contribution in [0.4, 0.5) is 9.59 Å². The van der Waals surface area contributed by atoms with Gasteiger partial charge in [0.2, 0.25) is 0 Å². The second-order valence-corrected chi connectivity index (χ2v) is 5.36. The molecule has 0 aliphatic carbocycles. The minimum absolute atomic E-state index is 0.0952. The molecule has 0 radical (unpaired) electrons. The van der Waals surface area contributed by atoms with Crippen LogP contribution in [0.3, 0.4) is 0 Å². The van der Waals surface area contributed by atoms with Crippen molar-refractivity contribution < 1.29 is 28.9 Å². The molecule has 10 heteroatoms. The third-order valence-corrected chi connectivity index (χ3v) is 3.44. The van der Waals surface area contributed by atoms with Gasteiger partial charge in [0.15, 0.2) is 0 Å². The first-order valence-electron chi connectivity index (χ1n) is 9.03. The fraction of sp³-hybridized carbons (Fsp3) is 0.444. The van der Waals surface area contributed by atoms with E-state index in [1.54, 1.807) is 27.7 Å². The van der Waals surface area contributed by atoms with Crippen molar-refractivity contribution in [2.45, 2.75) is 27.7 Å². The van der Waals surface area contributed by atoms with Gasteiger partial charge in [-0.1, -0.05) is 12.1 Å². The molecule has 0 aromatic heterocycles. The van der Waals surface area contributed by atoms with Gasteiger partial charge in [0.05, 0.1) is 24.2 Å². The predicted molar refractivity (Wildman–Crippen MR) is 100 cm³/mol. The van der Waals surface area contributed by atoms with Gasteiger partial charge in [0, 0.05) is 13.1 Å². The first-order valence-corrected chi connectivity index (χ1v) is 9.03. The molecule has 0 saturated heterocycles. The van der Waals surface area contributed by atoms with Crippen LogP contribution in [-0.2, 0) is 9.68 Å². The number of carbonyl (C=O) groups is 4. The monoisotopic (exact) mass is 394 g/mol. The van der Waals surface area contributed by atoms with Crippen molar-refractivity contribution >= 4 is 24.0 Å². The molecular formula is C18H26N4O6. The average molecular weight is 394 g/mol. The van der Waals surface area contributed by atoms with E-state index in [4.69, 9.17) is 9.68 Å². The third kappa shape index (κ3) is 6.15. The van der Waals surface area contributed by atoms with Crippen LogP contribution in [0, 0.1) is 0 Å². The molecule has 0 unspecified atom stereocenters. The summed E-state index contributed by atoms with van der Waals surface area (Å²) in [7, 11) is 0. The Balaban J connectivity index is 2.99. The van der Waals surface area contributed by atoms with E-state index in [0.29, 0.717) is 13.1 Å². The quantitative estimate of drug-likeness (QED) is 0.712. The van der Waals surface area contributed by atoms with Gasteiger partial charge in [-0.25, -0.2) is 19.2 Å². The number of nitrogens with one attached hydrogen (secondary N) is 2. The van der Waals surface area contributed by atoms with E-state index < -0.39 is 24.0 Å². The van der Waals surface area contributed by atoms with E-state index in [0.717, 1.165) is 10.1 Å². The van der Waals surface area contributed by atoms with E-state index in [-0.39, 0.29) is 24.2 Å². The van der Waals surface area contributed by atoms with Gasteiger partial charge in [0.25, 0.3) is 0 Å². The lowest BCUT2D eigenvalue weighted by molar-refractivity contribution is -0.0729. The number of rotatable bonds is 6. The minimum atomic E-state index is -0.901. The van der Waals surface area contributed by atoms with E-state index in [9.17, 15) is 19.2 Å². The second kappa shape index (κ2) is 11.4. The Morgan fingerprint density at radius 3 is 1.39 bits per heavy atom. The molecule has 0 aliphatic rings. The molecule has 0 aliphatic heterocycles. The Hall–Kier alpha value is -3.30. The molecule has 0 heterocycles. The zero-order valence-electron chi connectivity index (χ0n) is 16.5. The van der Waals surface area contributed by atoms with E-state index in [1.807, 2.05) is 0 Å². The molecule has 28 heavy (non-hydrogen) atoms. The smallest absolute Gasteiger partial charge is 0.336 e. The topological polar surface area (TPSA) is 117 Å². The molecule has 1 rings (SSSR count). The zero-order valence-corrected chi connectivity index (χ0v) is 16.5. The summed E-state index contributed by atoms with van der Waals surface area (Å²) in [6.45, 7) is 7.68. The highest BCUT2D eigenvalue weighted by molar-refractivity contribution is 6.03. The first kappa shape index (κ1) is 22.7. The lowest BCUT2D eigenvalue weighted by Crippen LogP contribution is -2.42. The lowest BCUT2D eigenvalue weighted by atomic mass is 10.1. The molecule has 2 N–H and O–H groups in total. The Labute approximate surface area is 163 Å². The van der Waals surface area contributed by atoms with Crippen molar-refractivity contribution in [2.75, 3.05) is 26.2 Å². The predicted octanol–water partition coefficient (Wildman–Crippen LogP) is 1.93. The lowest BCUT2D eigenvalue weighted by Gasteiger charge is -2.21. The van der Waals surface area contributed by atoms with Crippen molar-refractivity contribution in [1.82, 2.24) is 20.8 Å². The molecule has 0 bridgehead atoms. The number of nitrogens with zero attached hydrogens (tertiary/aromatic N) is 2. The molecule has 154 valence electrons. The highest BCUT2D eigenvalue weighted by Crippen LogP contribution is 2.14. The van der Waals surface area contributed by atoms with Crippen LogP contribution in [0.5, 0.6) is 0 Å². The maximum absolute atomic E-state index is 12.5. The summed E-state index contributed by atoms with van der Waals surface area (Å²) < 4.78 is 0. The summed E-state index contributed by atoms with van der Waals surface area (Å²) >= 11 is 0. The summed E-state index contributed by atoms with van der Waals surface area (Å²) in [6, 6.07) is 4.66. The molecule has 4 amide bonds. The van der Waals surface area contributed by atoms with E-state index in [2.05, 4.69) is 10.6 Å². The zero-order chi connectivity index (χ0) is 21.1. The van der Waals surface area contributed by atoms with Gasteiger partial charge >= 0.3 is 24.0 Å². The molecule has 0 saturated carbocycles. The summed E-state index contributed by atoms with van der Waals surface area (Å²) in [5, 5.41) is 6.73. The number of amides is 4. The Morgan fingerprint density at radius 2 is 1.11 bits per heavy atom. The van der Waals surface area contributed by atoms with Crippen LogP contribution in [0.1, 0.15) is 48.4 Å². The summed E-state index contributed by atoms with van der Waals surface area (Å²) in [5.74, 6) is -1.80. The molecule has 1 aromatic carbocycles. The highest BCUT2D eigenvalue weighted by Gasteiger charge is 2.25. The molecule has 10 nitrogen and oxygen atoms in total. The normalized spacial score (nSPS) is 9.86. The van der Waals surface area contributed by atoms with Gasteiger partial charge in [-0.05, 0) is 39.8 Å². The first-order chi connectivity index (χ1) is 13.4. The van der Waals surface area contributed by atoms with E-state index in [1.165, 1.54) is 24.3 Å². The minimum Gasteiger partial charge on any atom is -0.336 e. The molecule has 0 fully saturated rings. The van der Waals surface area contributed by atoms with Crippen molar-refractivity contribution in [3.8, 4) is 0 Å². The van der Waals surface area contributed by atoms with Crippen LogP contribution in [0.15, 0.2) is 24.3 Å². The second-order valence-electron chi connectivity index (χ2n) is 5.36. The fourth-order valence-electron chi connectivity index (χ4n) is 2.12. The number of benzene rings is 1. The number of urea groups is 2. The Morgan fingerprint density at radius 1 is 0.750 bits per heavy atom. The Bertz CT molecular complexity index is 650. The van der Waals surface area contributed by atoms with Crippen molar-refractivity contribution in [1.29, 1.82) is 0 Å². The Kier molecular flexibility index (Phi) is 9.28. The van der Waals surface area contributed by atoms with Gasteiger partial charge in [-0.3, -0.25) is 0 Å². The number of hydroxylamine groups is 4. The molecule has 0 atom stereocenters. The van der Waals surface area contributed by atoms with Gasteiger partial charge in [-0.2, -0.15) is 10.1 Å². The average Bonchev–Trinajstić information content (AvgIpc) is 2.70.